The molecule has 0 aliphatic heterocycles. The molecule has 0 fully saturated rings. The number of carbonyl (C=O) groups excluding carboxylic acids is 3. The van der Waals surface area contributed by atoms with Gasteiger partial charge in [-0.15, -0.1) is 0 Å². The average Bonchev–Trinajstić information content (AvgIpc) is 0.891. The summed E-state index contributed by atoms with van der Waals surface area (Å²) in [4.78, 5) is 59.0. The summed E-state index contributed by atoms with van der Waals surface area (Å²) in [6.07, 6.45) is 117. The minimum atomic E-state index is -4.95. The van der Waals surface area contributed by atoms with E-state index in [1.807, 2.05) is 0 Å². The minimum absolute atomic E-state index is 0.0620. The van der Waals surface area contributed by atoms with Crippen molar-refractivity contribution in [1.82, 2.24) is 0 Å². The second kappa shape index (κ2) is 90.2. The zero-order valence-corrected chi connectivity index (χ0v) is 75.6. The summed E-state index contributed by atoms with van der Waals surface area (Å²) in [5.74, 6) is -1.61. The lowest BCUT2D eigenvalue weighted by atomic mass is 10.0. The third-order valence-corrected chi connectivity index (χ3v) is 21.3. The molecular formula is C99H168O16P2. The van der Waals surface area contributed by atoms with E-state index in [0.29, 0.717) is 19.3 Å². The quantitative estimate of drug-likeness (QED) is 0.0146. The number of phosphoric ester groups is 2. The molecule has 0 saturated carbocycles. The Bertz CT molecular complexity index is 2810. The summed E-state index contributed by atoms with van der Waals surface area (Å²) < 4.78 is 61.4. The van der Waals surface area contributed by atoms with Gasteiger partial charge in [0.1, 0.15) is 25.4 Å². The number of carbonyl (C=O) groups is 3. The normalized spacial score (nSPS) is 14.6. The van der Waals surface area contributed by atoms with E-state index in [0.717, 1.165) is 148 Å². The van der Waals surface area contributed by atoms with E-state index in [1.165, 1.54) is 173 Å². The summed E-state index contributed by atoms with van der Waals surface area (Å²) in [6.45, 7) is 2.43. The molecule has 0 aliphatic carbocycles. The zero-order valence-electron chi connectivity index (χ0n) is 73.8. The third kappa shape index (κ3) is 91.5. The van der Waals surface area contributed by atoms with Crippen LogP contribution in [0.3, 0.4) is 0 Å². The van der Waals surface area contributed by atoms with Crippen molar-refractivity contribution >= 4 is 33.6 Å². The predicted octanol–water partition coefficient (Wildman–Crippen LogP) is 28.7. The fourth-order valence-corrected chi connectivity index (χ4v) is 14.0. The molecule has 0 bridgehead atoms. The maximum Gasteiger partial charge on any atom is 0.472 e. The van der Waals surface area contributed by atoms with E-state index in [1.54, 1.807) is 0 Å². The van der Waals surface area contributed by atoms with E-state index in [9.17, 15) is 43.5 Å². The molecule has 0 radical (unpaired) electrons. The lowest BCUT2D eigenvalue weighted by molar-refractivity contribution is -0.161. The fourth-order valence-electron chi connectivity index (χ4n) is 12.4. The maximum absolute atomic E-state index is 13.0. The first-order valence-electron chi connectivity index (χ1n) is 46.4. The van der Waals surface area contributed by atoms with Crippen molar-refractivity contribution in [2.24, 2.45) is 0 Å². The molecule has 0 aromatic heterocycles. The third-order valence-electron chi connectivity index (χ3n) is 19.4. The van der Waals surface area contributed by atoms with Crippen LogP contribution in [0.4, 0.5) is 0 Å². The van der Waals surface area contributed by atoms with Gasteiger partial charge >= 0.3 is 33.6 Å². The van der Waals surface area contributed by atoms with Gasteiger partial charge < -0.3 is 34.2 Å². The number of hydrogen-bond donors (Lipinski definition) is 4. The number of aliphatic hydroxyl groups excluding tert-OH is 2. The first-order valence-corrected chi connectivity index (χ1v) is 49.4. The summed E-state index contributed by atoms with van der Waals surface area (Å²) >= 11 is 0. The molecule has 0 aromatic carbocycles. The van der Waals surface area contributed by atoms with E-state index < -0.39 is 91.5 Å². The molecule has 0 aromatic rings. The molecule has 5 unspecified atom stereocenters. The van der Waals surface area contributed by atoms with Crippen LogP contribution in [0.5, 0.6) is 0 Å². The van der Waals surface area contributed by atoms with Crippen LogP contribution >= 0.6 is 15.6 Å². The van der Waals surface area contributed by atoms with Crippen molar-refractivity contribution in [3.05, 3.63) is 170 Å². The monoisotopic (exact) mass is 1680 g/mol. The molecule has 0 amide bonds. The lowest BCUT2D eigenvalue weighted by Crippen LogP contribution is -2.30. The summed E-state index contributed by atoms with van der Waals surface area (Å²) in [5, 5.41) is 20.7. The van der Waals surface area contributed by atoms with Crippen molar-refractivity contribution in [3.8, 4) is 0 Å². The van der Waals surface area contributed by atoms with Crippen LogP contribution in [0.2, 0.25) is 0 Å². The Labute approximate surface area is 713 Å². The largest absolute Gasteiger partial charge is 0.472 e. The maximum atomic E-state index is 13.0. The number of esters is 3. The van der Waals surface area contributed by atoms with Gasteiger partial charge in [0, 0.05) is 19.3 Å². The number of unbranched alkanes of at least 4 members (excludes halogenated alkanes) is 36. The van der Waals surface area contributed by atoms with Gasteiger partial charge in [0.15, 0.2) is 6.10 Å². The molecule has 0 spiro atoms. The van der Waals surface area contributed by atoms with E-state index in [-0.39, 0.29) is 19.3 Å². The molecular weight excluding hydrogens is 1510 g/mol. The van der Waals surface area contributed by atoms with Crippen molar-refractivity contribution < 1.29 is 75.8 Å². The number of ether oxygens (including phenoxy) is 3. The van der Waals surface area contributed by atoms with E-state index in [2.05, 4.69) is 191 Å². The summed E-state index contributed by atoms with van der Waals surface area (Å²) in [5.41, 5.74) is 0. The Hall–Kier alpha value is -5.09. The van der Waals surface area contributed by atoms with Gasteiger partial charge in [-0.1, -0.05) is 377 Å². The highest BCUT2D eigenvalue weighted by Gasteiger charge is 2.29. The van der Waals surface area contributed by atoms with Crippen LogP contribution in [0.25, 0.3) is 0 Å². The highest BCUT2D eigenvalue weighted by molar-refractivity contribution is 7.47. The number of hydrogen-bond acceptors (Lipinski definition) is 14. The first kappa shape index (κ1) is 112. The number of rotatable bonds is 87. The van der Waals surface area contributed by atoms with Crippen molar-refractivity contribution in [3.63, 3.8) is 0 Å². The van der Waals surface area contributed by atoms with Crippen LogP contribution in [0.15, 0.2) is 170 Å². The van der Waals surface area contributed by atoms with Gasteiger partial charge in [0.2, 0.25) is 0 Å². The van der Waals surface area contributed by atoms with Crippen molar-refractivity contribution in [1.29, 1.82) is 0 Å². The standard InChI is InChI=1S/C99H168O16P2/c1-4-7-10-13-16-19-22-25-28-31-34-36-38-40-42-44-46-48-50-52-54-56-59-61-64-67-70-73-76-79-82-85-97(102)109-88-94(100)89-111-116(105,106)112-90-95(101)91-113-117(107,108)114-93-96(115-99(104)87-84-81-78-75-72-69-66-63-58-33-30-27-24-21-18-15-12-9-6-3)92-110-98(103)86-83-80-77-74-71-68-65-62-60-57-55-53-51-49-47-45-43-41-39-37-35-32-29-26-23-20-17-14-11-8-5-2/h7,9-10,12,16-21,25-30,34-37,40-43,58,63,69,72,94-96,100-101H,4-6,8,11,13-15,22-24,31-33,38-39,44-57,59-62,64-68,70-71,73-93H2,1-3H3,(H,105,106)(H,107,108)/b10-7-,12-9-,19-16-,20-17-,21-18-,28-25-,29-26-,30-27-,36-34-,37-35-,42-40-,43-41-,63-58-,72-69-. The highest BCUT2D eigenvalue weighted by atomic mass is 31.2. The van der Waals surface area contributed by atoms with Gasteiger partial charge in [-0.25, -0.2) is 9.13 Å². The van der Waals surface area contributed by atoms with Crippen LogP contribution in [-0.2, 0) is 55.8 Å². The zero-order chi connectivity index (χ0) is 85.1. The lowest BCUT2D eigenvalue weighted by Gasteiger charge is -2.21. The summed E-state index contributed by atoms with van der Waals surface area (Å²) in [7, 11) is -9.82. The Morgan fingerprint density at radius 1 is 0.248 bits per heavy atom. The molecule has 0 saturated heterocycles. The smallest absolute Gasteiger partial charge is 0.463 e. The molecule has 4 N–H and O–H groups in total. The molecule has 0 heterocycles. The SMILES string of the molecule is CC/C=C\C/C=C\C/C=C\C/C=C\C/C=C\CCCCCCCCCCCCCCCCCC(=O)OCC(O)COP(=O)(O)OCC(O)COP(=O)(O)OCC(COC(=O)CCCCCCCCCCCCCCCCC/C=C\C/C=C\C/C=C\C/C=C\CCCCC)OC(=O)CCCCC/C=C\C/C=C\C/C=C\C/C=C\C/C=C\CC. The topological polar surface area (TPSA) is 231 Å². The molecule has 5 atom stereocenters. The number of phosphoric acid groups is 2. The molecule has 0 rings (SSSR count). The Morgan fingerprint density at radius 3 is 0.726 bits per heavy atom. The first-order chi connectivity index (χ1) is 57.2. The van der Waals surface area contributed by atoms with Gasteiger partial charge in [0.25, 0.3) is 0 Å². The Balaban J connectivity index is 4.57. The van der Waals surface area contributed by atoms with E-state index >= 15 is 0 Å². The number of aliphatic hydroxyl groups is 2. The molecule has 0 aliphatic rings. The average molecular weight is 1680 g/mol. The predicted molar refractivity (Wildman–Crippen MR) is 491 cm³/mol. The Kier molecular flexibility index (Phi) is 86.2. The van der Waals surface area contributed by atoms with Crippen molar-refractivity contribution in [2.45, 2.75) is 399 Å². The van der Waals surface area contributed by atoms with Crippen molar-refractivity contribution in [2.75, 3.05) is 39.6 Å². The van der Waals surface area contributed by atoms with Crippen LogP contribution in [0.1, 0.15) is 380 Å². The molecule has 670 valence electrons. The van der Waals surface area contributed by atoms with Gasteiger partial charge in [-0.2, -0.15) is 0 Å². The van der Waals surface area contributed by atoms with Crippen LogP contribution in [0, 0.1) is 0 Å². The van der Waals surface area contributed by atoms with Gasteiger partial charge in [-0.05, 0) is 154 Å². The summed E-state index contributed by atoms with van der Waals surface area (Å²) in [6, 6.07) is 0. The second-order valence-electron chi connectivity index (χ2n) is 30.7. The molecule has 117 heavy (non-hydrogen) atoms. The molecule has 16 nitrogen and oxygen atoms in total. The highest BCUT2D eigenvalue weighted by Crippen LogP contribution is 2.45. The fraction of sp³-hybridized carbons (Fsp3) is 0.687. The minimum Gasteiger partial charge on any atom is -0.463 e. The van der Waals surface area contributed by atoms with Crippen LogP contribution in [-0.4, -0.2) is 95.9 Å². The van der Waals surface area contributed by atoms with Gasteiger partial charge in [-0.3, -0.25) is 32.5 Å². The van der Waals surface area contributed by atoms with Gasteiger partial charge in [0.05, 0.1) is 26.4 Å². The second-order valence-corrected chi connectivity index (χ2v) is 33.6. The van der Waals surface area contributed by atoms with E-state index in [4.69, 9.17) is 32.3 Å². The number of allylic oxidation sites excluding steroid dienone is 28. The molecule has 18 heteroatoms. The Morgan fingerprint density at radius 2 is 0.453 bits per heavy atom. The van der Waals surface area contributed by atoms with Crippen LogP contribution < -0.4 is 0 Å².